The molecule has 0 aliphatic carbocycles. The van der Waals surface area contributed by atoms with Crippen LogP contribution in [0.2, 0.25) is 0 Å². The molecule has 0 bridgehead atoms. The summed E-state index contributed by atoms with van der Waals surface area (Å²) in [6.45, 7) is 9.53. The molecule has 1 aliphatic rings. The SMILES string of the molecule is CC(C)Oc1cccc(N2CCNC[C@H]2C)c1. The zero-order chi connectivity index (χ0) is 12.3. The molecule has 1 N–H and O–H groups in total. The van der Waals surface area contributed by atoms with Crippen LogP contribution in [0.15, 0.2) is 24.3 Å². The van der Waals surface area contributed by atoms with Gasteiger partial charge in [-0.05, 0) is 32.9 Å². The predicted molar refractivity (Wildman–Crippen MR) is 71.9 cm³/mol. The van der Waals surface area contributed by atoms with Gasteiger partial charge in [-0.25, -0.2) is 0 Å². The Balaban J connectivity index is 2.14. The Morgan fingerprint density at radius 2 is 2.24 bits per heavy atom. The summed E-state index contributed by atoms with van der Waals surface area (Å²) in [5.74, 6) is 0.961. The topological polar surface area (TPSA) is 24.5 Å². The third-order valence-corrected chi connectivity index (χ3v) is 3.02. The molecule has 3 heteroatoms. The third kappa shape index (κ3) is 3.13. The Morgan fingerprint density at radius 3 is 2.94 bits per heavy atom. The van der Waals surface area contributed by atoms with Crippen molar-refractivity contribution >= 4 is 5.69 Å². The molecule has 1 aromatic carbocycles. The predicted octanol–water partition coefficient (Wildman–Crippen LogP) is 2.27. The molecule has 1 aromatic rings. The van der Waals surface area contributed by atoms with Gasteiger partial charge >= 0.3 is 0 Å². The molecule has 0 aromatic heterocycles. The van der Waals surface area contributed by atoms with Crippen molar-refractivity contribution in [3.63, 3.8) is 0 Å². The number of hydrogen-bond acceptors (Lipinski definition) is 3. The number of rotatable bonds is 3. The Kier molecular flexibility index (Phi) is 3.89. The summed E-state index contributed by atoms with van der Waals surface area (Å²) >= 11 is 0. The first-order chi connectivity index (χ1) is 8.16. The van der Waals surface area contributed by atoms with E-state index in [0.29, 0.717) is 6.04 Å². The Morgan fingerprint density at radius 1 is 1.41 bits per heavy atom. The van der Waals surface area contributed by atoms with Crippen molar-refractivity contribution in [2.45, 2.75) is 32.9 Å². The van der Waals surface area contributed by atoms with Crippen molar-refractivity contribution in [3.8, 4) is 5.75 Å². The van der Waals surface area contributed by atoms with Crippen molar-refractivity contribution < 1.29 is 4.74 Å². The second kappa shape index (κ2) is 5.41. The maximum absolute atomic E-state index is 5.74. The van der Waals surface area contributed by atoms with Crippen molar-refractivity contribution in [1.82, 2.24) is 5.32 Å². The number of nitrogens with one attached hydrogen (secondary N) is 1. The summed E-state index contributed by atoms with van der Waals surface area (Å²) in [6, 6.07) is 8.94. The largest absolute Gasteiger partial charge is 0.491 e. The first kappa shape index (κ1) is 12.2. The van der Waals surface area contributed by atoms with Gasteiger partial charge in [0.2, 0.25) is 0 Å². The van der Waals surface area contributed by atoms with E-state index in [4.69, 9.17) is 4.74 Å². The Hall–Kier alpha value is -1.22. The van der Waals surface area contributed by atoms with Gasteiger partial charge < -0.3 is 15.0 Å². The van der Waals surface area contributed by atoms with Gasteiger partial charge in [-0.3, -0.25) is 0 Å². The molecule has 2 rings (SSSR count). The molecule has 0 unspecified atom stereocenters. The summed E-state index contributed by atoms with van der Waals surface area (Å²) in [7, 11) is 0. The van der Waals surface area contributed by atoms with E-state index in [9.17, 15) is 0 Å². The van der Waals surface area contributed by atoms with E-state index in [1.165, 1.54) is 5.69 Å². The highest BCUT2D eigenvalue weighted by molar-refractivity contribution is 5.52. The molecule has 0 spiro atoms. The van der Waals surface area contributed by atoms with Crippen LogP contribution in [0, 0.1) is 0 Å². The van der Waals surface area contributed by atoms with E-state index in [0.717, 1.165) is 25.4 Å². The van der Waals surface area contributed by atoms with Gasteiger partial charge in [0.25, 0.3) is 0 Å². The zero-order valence-electron chi connectivity index (χ0n) is 10.9. The summed E-state index contributed by atoms with van der Waals surface area (Å²) in [5, 5.41) is 3.41. The van der Waals surface area contributed by atoms with E-state index in [1.54, 1.807) is 0 Å². The molecule has 3 nitrogen and oxygen atoms in total. The van der Waals surface area contributed by atoms with Gasteiger partial charge in [-0.1, -0.05) is 6.07 Å². The van der Waals surface area contributed by atoms with Gasteiger partial charge in [0.05, 0.1) is 6.10 Å². The summed E-state index contributed by atoms with van der Waals surface area (Å²) in [6.07, 6.45) is 0.227. The highest BCUT2D eigenvalue weighted by atomic mass is 16.5. The van der Waals surface area contributed by atoms with Gasteiger partial charge in [0, 0.05) is 37.4 Å². The van der Waals surface area contributed by atoms with Crippen molar-refractivity contribution in [3.05, 3.63) is 24.3 Å². The van der Waals surface area contributed by atoms with Crippen LogP contribution in [0.5, 0.6) is 5.75 Å². The van der Waals surface area contributed by atoms with E-state index < -0.39 is 0 Å². The molecular weight excluding hydrogens is 212 g/mol. The van der Waals surface area contributed by atoms with E-state index in [1.807, 2.05) is 6.07 Å². The third-order valence-electron chi connectivity index (χ3n) is 3.02. The number of benzene rings is 1. The lowest BCUT2D eigenvalue weighted by Gasteiger charge is -2.36. The van der Waals surface area contributed by atoms with Crippen molar-refractivity contribution in [1.29, 1.82) is 0 Å². The fourth-order valence-electron chi connectivity index (χ4n) is 2.23. The monoisotopic (exact) mass is 234 g/mol. The van der Waals surface area contributed by atoms with Gasteiger partial charge in [-0.15, -0.1) is 0 Å². The minimum atomic E-state index is 0.227. The normalized spacial score (nSPS) is 20.7. The van der Waals surface area contributed by atoms with Crippen LogP contribution in [-0.4, -0.2) is 31.8 Å². The highest BCUT2D eigenvalue weighted by Crippen LogP contribution is 2.24. The molecule has 0 saturated carbocycles. The van der Waals surface area contributed by atoms with E-state index >= 15 is 0 Å². The molecule has 94 valence electrons. The molecule has 1 aliphatic heterocycles. The molecule has 0 radical (unpaired) electrons. The van der Waals surface area contributed by atoms with Gasteiger partial charge in [0.15, 0.2) is 0 Å². The van der Waals surface area contributed by atoms with Crippen LogP contribution < -0.4 is 15.0 Å². The lowest BCUT2D eigenvalue weighted by Crippen LogP contribution is -2.49. The first-order valence-electron chi connectivity index (χ1n) is 6.41. The minimum Gasteiger partial charge on any atom is -0.491 e. The number of ether oxygens (including phenoxy) is 1. The van der Waals surface area contributed by atoms with Crippen LogP contribution in [0.25, 0.3) is 0 Å². The average molecular weight is 234 g/mol. The minimum absolute atomic E-state index is 0.227. The second-order valence-corrected chi connectivity index (χ2v) is 4.91. The Bertz CT molecular complexity index is 365. The number of nitrogens with zero attached hydrogens (tertiary/aromatic N) is 1. The molecule has 17 heavy (non-hydrogen) atoms. The average Bonchev–Trinajstić information content (AvgIpc) is 2.29. The maximum atomic E-state index is 5.74. The van der Waals surface area contributed by atoms with E-state index in [-0.39, 0.29) is 6.10 Å². The van der Waals surface area contributed by atoms with E-state index in [2.05, 4.69) is 49.2 Å². The quantitative estimate of drug-likeness (QED) is 0.868. The number of piperazine rings is 1. The fourth-order valence-corrected chi connectivity index (χ4v) is 2.23. The molecule has 1 saturated heterocycles. The molecule has 1 heterocycles. The molecule has 1 fully saturated rings. The van der Waals surface area contributed by atoms with Gasteiger partial charge in [-0.2, -0.15) is 0 Å². The molecule has 0 amide bonds. The molecule has 1 atom stereocenters. The molecular formula is C14H22N2O. The lowest BCUT2D eigenvalue weighted by atomic mass is 10.1. The van der Waals surface area contributed by atoms with Crippen LogP contribution in [0.1, 0.15) is 20.8 Å². The second-order valence-electron chi connectivity index (χ2n) is 4.91. The van der Waals surface area contributed by atoms with Crippen molar-refractivity contribution in [2.24, 2.45) is 0 Å². The fraction of sp³-hybridized carbons (Fsp3) is 0.571. The van der Waals surface area contributed by atoms with Crippen LogP contribution in [-0.2, 0) is 0 Å². The van der Waals surface area contributed by atoms with Crippen LogP contribution in [0.3, 0.4) is 0 Å². The summed E-state index contributed by atoms with van der Waals surface area (Å²) in [4.78, 5) is 2.43. The summed E-state index contributed by atoms with van der Waals surface area (Å²) < 4.78 is 5.74. The first-order valence-corrected chi connectivity index (χ1v) is 6.41. The maximum Gasteiger partial charge on any atom is 0.121 e. The standard InChI is InChI=1S/C14H22N2O/c1-11(2)17-14-6-4-5-13(9-14)16-8-7-15-10-12(16)3/h4-6,9,11-12,15H,7-8,10H2,1-3H3/t12-/m1/s1. The summed E-state index contributed by atoms with van der Waals surface area (Å²) in [5.41, 5.74) is 1.26. The smallest absolute Gasteiger partial charge is 0.121 e. The van der Waals surface area contributed by atoms with Gasteiger partial charge in [0.1, 0.15) is 5.75 Å². The number of hydrogen-bond donors (Lipinski definition) is 1. The van der Waals surface area contributed by atoms with Crippen molar-refractivity contribution in [2.75, 3.05) is 24.5 Å². The van der Waals surface area contributed by atoms with Crippen LogP contribution >= 0.6 is 0 Å². The Labute approximate surface area is 104 Å². The zero-order valence-corrected chi connectivity index (χ0v) is 10.9. The number of anilines is 1. The highest BCUT2D eigenvalue weighted by Gasteiger charge is 2.18. The van der Waals surface area contributed by atoms with Crippen LogP contribution in [0.4, 0.5) is 5.69 Å². The lowest BCUT2D eigenvalue weighted by molar-refractivity contribution is 0.242.